The number of nitrogens with zero attached hydrogens (tertiary/aromatic N) is 1. The molecule has 0 spiro atoms. The number of amides is 2. The number of ether oxygens (including phenoxy) is 1. The Labute approximate surface area is 127 Å². The average molecular weight is 296 g/mol. The van der Waals surface area contributed by atoms with Crippen LogP contribution in [-0.4, -0.2) is 41.6 Å². The fourth-order valence-electron chi connectivity index (χ4n) is 4.07. The molecule has 0 aromatic rings. The van der Waals surface area contributed by atoms with Gasteiger partial charge in [0.15, 0.2) is 0 Å². The summed E-state index contributed by atoms with van der Waals surface area (Å²) < 4.78 is 4.66. The molecule has 2 rings (SSSR count). The van der Waals surface area contributed by atoms with E-state index < -0.39 is 12.1 Å². The molecule has 0 saturated carbocycles. The Balaban J connectivity index is 2.22. The van der Waals surface area contributed by atoms with E-state index in [4.69, 9.17) is 0 Å². The minimum absolute atomic E-state index is 0.00725. The van der Waals surface area contributed by atoms with Gasteiger partial charge in [0.25, 0.3) is 0 Å². The Morgan fingerprint density at radius 1 is 1.19 bits per heavy atom. The van der Waals surface area contributed by atoms with Crippen molar-refractivity contribution in [2.45, 2.75) is 71.0 Å². The number of hydrogen-bond acceptors (Lipinski definition) is 3. The summed E-state index contributed by atoms with van der Waals surface area (Å²) in [5.41, 5.74) is -0.00725. The quantitative estimate of drug-likeness (QED) is 0.867. The number of carbonyl (C=O) groups is 2. The SMILES string of the molecule is COC(=O)N[C@H](C(=O)N1C2CCC1(C(C)C)CC2)C(C)C. The first-order chi connectivity index (χ1) is 9.83. The van der Waals surface area contributed by atoms with E-state index in [9.17, 15) is 9.59 Å². The molecule has 1 atom stereocenters. The van der Waals surface area contributed by atoms with Crippen molar-refractivity contribution in [1.29, 1.82) is 0 Å². The van der Waals surface area contributed by atoms with Crippen molar-refractivity contribution >= 4 is 12.0 Å². The smallest absolute Gasteiger partial charge is 0.407 e. The van der Waals surface area contributed by atoms with E-state index in [1.807, 2.05) is 13.8 Å². The molecule has 2 aliphatic rings. The summed E-state index contributed by atoms with van der Waals surface area (Å²) in [4.78, 5) is 26.7. The third-order valence-corrected chi connectivity index (χ3v) is 5.37. The number of carbonyl (C=O) groups excluding carboxylic acids is 2. The van der Waals surface area contributed by atoms with E-state index >= 15 is 0 Å². The molecule has 0 unspecified atom stereocenters. The number of fused-ring (bicyclic) bond motifs is 2. The van der Waals surface area contributed by atoms with Gasteiger partial charge in [0.05, 0.1) is 7.11 Å². The van der Waals surface area contributed by atoms with Crippen molar-refractivity contribution in [2.75, 3.05) is 7.11 Å². The number of methoxy groups -OCH3 is 1. The maximum atomic E-state index is 13.1. The summed E-state index contributed by atoms with van der Waals surface area (Å²) in [6.45, 7) is 8.31. The highest BCUT2D eigenvalue weighted by Crippen LogP contribution is 2.50. The second-order valence-electron chi connectivity index (χ2n) is 7.06. The highest BCUT2D eigenvalue weighted by atomic mass is 16.5. The Morgan fingerprint density at radius 2 is 1.76 bits per heavy atom. The molecule has 0 aromatic carbocycles. The van der Waals surface area contributed by atoms with Crippen molar-refractivity contribution < 1.29 is 14.3 Å². The van der Waals surface area contributed by atoms with Crippen LogP contribution >= 0.6 is 0 Å². The molecule has 1 N–H and O–H groups in total. The third kappa shape index (κ3) is 2.62. The van der Waals surface area contributed by atoms with Gasteiger partial charge in [0.2, 0.25) is 5.91 Å². The zero-order valence-corrected chi connectivity index (χ0v) is 13.8. The fourth-order valence-corrected chi connectivity index (χ4v) is 4.07. The van der Waals surface area contributed by atoms with Crippen LogP contribution in [0.2, 0.25) is 0 Å². The first-order valence-electron chi connectivity index (χ1n) is 8.01. The highest BCUT2D eigenvalue weighted by molar-refractivity contribution is 5.87. The van der Waals surface area contributed by atoms with Gasteiger partial charge in [-0.15, -0.1) is 0 Å². The molecule has 0 radical (unpaired) electrons. The maximum absolute atomic E-state index is 13.1. The van der Waals surface area contributed by atoms with Gasteiger partial charge in [0.1, 0.15) is 6.04 Å². The van der Waals surface area contributed by atoms with Crippen molar-refractivity contribution in [3.63, 3.8) is 0 Å². The van der Waals surface area contributed by atoms with Crippen LogP contribution in [-0.2, 0) is 9.53 Å². The molecule has 5 heteroatoms. The zero-order valence-electron chi connectivity index (χ0n) is 13.8. The lowest BCUT2D eigenvalue weighted by atomic mass is 9.79. The molecule has 21 heavy (non-hydrogen) atoms. The van der Waals surface area contributed by atoms with Gasteiger partial charge < -0.3 is 15.0 Å². The van der Waals surface area contributed by atoms with E-state index in [-0.39, 0.29) is 17.4 Å². The van der Waals surface area contributed by atoms with Crippen LogP contribution in [0.15, 0.2) is 0 Å². The van der Waals surface area contributed by atoms with Crippen molar-refractivity contribution in [2.24, 2.45) is 11.8 Å². The molecule has 2 amide bonds. The normalized spacial score (nSPS) is 29.1. The average Bonchev–Trinajstić information content (AvgIpc) is 3.00. The number of alkyl carbamates (subject to hydrolysis) is 1. The van der Waals surface area contributed by atoms with E-state index in [0.717, 1.165) is 25.7 Å². The van der Waals surface area contributed by atoms with E-state index in [1.54, 1.807) is 0 Å². The van der Waals surface area contributed by atoms with Crippen LogP contribution in [0.25, 0.3) is 0 Å². The number of rotatable bonds is 4. The Kier molecular flexibility index (Phi) is 4.49. The van der Waals surface area contributed by atoms with Gasteiger partial charge in [-0.25, -0.2) is 4.79 Å². The monoisotopic (exact) mass is 296 g/mol. The second kappa shape index (κ2) is 5.85. The van der Waals surface area contributed by atoms with E-state index in [2.05, 4.69) is 28.8 Å². The van der Waals surface area contributed by atoms with Gasteiger partial charge in [-0.1, -0.05) is 27.7 Å². The summed E-state index contributed by atoms with van der Waals surface area (Å²) in [5, 5.41) is 2.72. The standard InChI is InChI=1S/C16H28N2O3/c1-10(2)13(17-15(20)21-5)14(19)18-12-6-8-16(18,9-7-12)11(3)4/h10-13H,6-9H2,1-5H3,(H,17,20)/t12?,13-,16?/m0/s1. The lowest BCUT2D eigenvalue weighted by Gasteiger charge is -2.41. The van der Waals surface area contributed by atoms with Crippen molar-refractivity contribution in [3.8, 4) is 0 Å². The second-order valence-corrected chi connectivity index (χ2v) is 7.06. The molecular weight excluding hydrogens is 268 g/mol. The molecule has 0 aromatic heterocycles. The summed E-state index contributed by atoms with van der Waals surface area (Å²) in [6, 6.07) is -0.158. The minimum atomic E-state index is -0.535. The van der Waals surface area contributed by atoms with Gasteiger partial charge in [-0.05, 0) is 37.5 Å². The van der Waals surface area contributed by atoms with Crippen LogP contribution < -0.4 is 5.32 Å². The molecule has 2 fully saturated rings. The molecular formula is C16H28N2O3. The predicted octanol–water partition coefficient (Wildman–Crippen LogP) is 2.55. The fraction of sp³-hybridized carbons (Fsp3) is 0.875. The van der Waals surface area contributed by atoms with Gasteiger partial charge in [0, 0.05) is 11.6 Å². The molecule has 2 saturated heterocycles. The Morgan fingerprint density at radius 3 is 2.19 bits per heavy atom. The number of nitrogens with one attached hydrogen (secondary N) is 1. The van der Waals surface area contributed by atoms with Gasteiger partial charge >= 0.3 is 6.09 Å². The molecule has 120 valence electrons. The molecule has 0 aliphatic carbocycles. The van der Waals surface area contributed by atoms with Gasteiger partial charge in [-0.3, -0.25) is 4.79 Å². The summed E-state index contributed by atoms with van der Waals surface area (Å²) in [7, 11) is 1.33. The van der Waals surface area contributed by atoms with Crippen molar-refractivity contribution in [1.82, 2.24) is 10.2 Å². The lowest BCUT2D eigenvalue weighted by Crippen LogP contribution is -2.57. The highest BCUT2D eigenvalue weighted by Gasteiger charge is 2.56. The molecule has 2 bridgehead atoms. The summed E-state index contributed by atoms with van der Waals surface area (Å²) in [5.74, 6) is 0.546. The van der Waals surface area contributed by atoms with Crippen LogP contribution in [0.4, 0.5) is 4.79 Å². The summed E-state index contributed by atoms with van der Waals surface area (Å²) >= 11 is 0. The van der Waals surface area contributed by atoms with E-state index in [0.29, 0.717) is 12.0 Å². The number of hydrogen-bond donors (Lipinski definition) is 1. The first kappa shape index (κ1) is 16.1. The minimum Gasteiger partial charge on any atom is -0.453 e. The van der Waals surface area contributed by atoms with Crippen LogP contribution in [0.5, 0.6) is 0 Å². The van der Waals surface area contributed by atoms with E-state index in [1.165, 1.54) is 7.11 Å². The van der Waals surface area contributed by atoms with Crippen LogP contribution in [0.1, 0.15) is 53.4 Å². The third-order valence-electron chi connectivity index (χ3n) is 5.37. The molecule has 2 aliphatic heterocycles. The Hall–Kier alpha value is -1.26. The van der Waals surface area contributed by atoms with Crippen LogP contribution in [0, 0.1) is 11.8 Å². The largest absolute Gasteiger partial charge is 0.453 e. The summed E-state index contributed by atoms with van der Waals surface area (Å²) in [6.07, 6.45) is 3.82. The predicted molar refractivity (Wildman–Crippen MR) is 80.8 cm³/mol. The zero-order chi connectivity index (χ0) is 15.8. The molecule has 2 heterocycles. The molecule has 5 nitrogen and oxygen atoms in total. The van der Waals surface area contributed by atoms with Crippen molar-refractivity contribution in [3.05, 3.63) is 0 Å². The first-order valence-corrected chi connectivity index (χ1v) is 8.01. The maximum Gasteiger partial charge on any atom is 0.407 e. The lowest BCUT2D eigenvalue weighted by molar-refractivity contribution is -0.140. The van der Waals surface area contributed by atoms with Crippen LogP contribution in [0.3, 0.4) is 0 Å². The van der Waals surface area contributed by atoms with Gasteiger partial charge in [-0.2, -0.15) is 0 Å². The topological polar surface area (TPSA) is 58.6 Å². The Bertz CT molecular complexity index is 412.